The quantitative estimate of drug-likeness (QED) is 0.307. The molecule has 0 aliphatic heterocycles. The van der Waals surface area contributed by atoms with E-state index in [-0.39, 0.29) is 12.2 Å². The Bertz CT molecular complexity index is 1360. The summed E-state index contributed by atoms with van der Waals surface area (Å²) in [6, 6.07) is 21.5. The highest BCUT2D eigenvalue weighted by Gasteiger charge is 2.27. The number of aromatic nitrogens is 1. The molecule has 1 amide bonds. The number of carbonyl (C=O) groups excluding carboxylic acids is 2. The molecule has 1 N–H and O–H groups in total. The number of nitrogens with zero attached hydrogens (tertiary/aromatic N) is 1. The van der Waals surface area contributed by atoms with Crippen LogP contribution in [0.15, 0.2) is 77.3 Å². The third-order valence-electron chi connectivity index (χ3n) is 5.88. The number of amides is 1. The van der Waals surface area contributed by atoms with Crippen LogP contribution in [0.25, 0.3) is 0 Å². The Labute approximate surface area is 210 Å². The SMILES string of the molecule is Cc1ccc(C)c(NC(=O)C(OC(=O)c2ccccc2OCc2c(C)noc2C)c2ccccc2)c1. The monoisotopic (exact) mass is 484 g/mol. The van der Waals surface area contributed by atoms with Gasteiger partial charge in [0.2, 0.25) is 6.10 Å². The van der Waals surface area contributed by atoms with Crippen molar-refractivity contribution in [1.82, 2.24) is 5.16 Å². The maximum atomic E-state index is 13.3. The molecule has 0 aliphatic carbocycles. The number of ether oxygens (including phenoxy) is 2. The van der Waals surface area contributed by atoms with Gasteiger partial charge in [0.25, 0.3) is 5.91 Å². The van der Waals surface area contributed by atoms with Crippen LogP contribution in [0.4, 0.5) is 5.69 Å². The van der Waals surface area contributed by atoms with Crippen molar-refractivity contribution in [2.45, 2.75) is 40.4 Å². The molecule has 1 aromatic heterocycles. The minimum atomic E-state index is -1.16. The Balaban J connectivity index is 1.57. The van der Waals surface area contributed by atoms with Gasteiger partial charge >= 0.3 is 5.97 Å². The van der Waals surface area contributed by atoms with Gasteiger partial charge in [-0.05, 0) is 57.0 Å². The third kappa shape index (κ3) is 5.63. The van der Waals surface area contributed by atoms with Crippen molar-refractivity contribution in [3.8, 4) is 5.75 Å². The van der Waals surface area contributed by atoms with E-state index in [0.29, 0.717) is 22.8 Å². The van der Waals surface area contributed by atoms with E-state index in [2.05, 4.69) is 10.5 Å². The van der Waals surface area contributed by atoms with Crippen LogP contribution < -0.4 is 10.1 Å². The van der Waals surface area contributed by atoms with E-state index in [9.17, 15) is 9.59 Å². The molecular formula is C29H28N2O5. The first-order valence-corrected chi connectivity index (χ1v) is 11.6. The van der Waals surface area contributed by atoms with E-state index in [0.717, 1.165) is 22.4 Å². The number of anilines is 1. The van der Waals surface area contributed by atoms with Gasteiger partial charge in [-0.1, -0.05) is 59.8 Å². The fraction of sp³-hybridized carbons (Fsp3) is 0.207. The minimum Gasteiger partial charge on any atom is -0.488 e. The van der Waals surface area contributed by atoms with Crippen molar-refractivity contribution >= 4 is 17.6 Å². The van der Waals surface area contributed by atoms with Gasteiger partial charge in [-0.15, -0.1) is 0 Å². The molecule has 184 valence electrons. The lowest BCUT2D eigenvalue weighted by Gasteiger charge is -2.20. The number of benzene rings is 3. The van der Waals surface area contributed by atoms with Crippen LogP contribution >= 0.6 is 0 Å². The lowest BCUT2D eigenvalue weighted by Crippen LogP contribution is -2.26. The van der Waals surface area contributed by atoms with Crippen LogP contribution in [-0.2, 0) is 16.1 Å². The Kier molecular flexibility index (Phi) is 7.49. The average molecular weight is 485 g/mol. The Hall–Kier alpha value is -4.39. The highest BCUT2D eigenvalue weighted by atomic mass is 16.6. The predicted octanol–water partition coefficient (Wildman–Crippen LogP) is 6.02. The molecule has 36 heavy (non-hydrogen) atoms. The highest BCUT2D eigenvalue weighted by Crippen LogP contribution is 2.27. The fourth-order valence-corrected chi connectivity index (χ4v) is 3.76. The summed E-state index contributed by atoms with van der Waals surface area (Å²) in [5.74, 6) is -0.129. The largest absolute Gasteiger partial charge is 0.488 e. The number of hydrogen-bond acceptors (Lipinski definition) is 6. The van der Waals surface area contributed by atoms with Gasteiger partial charge in [0.1, 0.15) is 23.7 Å². The van der Waals surface area contributed by atoms with E-state index in [1.54, 1.807) is 55.5 Å². The molecule has 3 aromatic carbocycles. The van der Waals surface area contributed by atoms with E-state index >= 15 is 0 Å². The molecule has 7 heteroatoms. The zero-order valence-electron chi connectivity index (χ0n) is 20.7. The van der Waals surface area contributed by atoms with Crippen molar-refractivity contribution in [3.05, 3.63) is 112 Å². The zero-order valence-corrected chi connectivity index (χ0v) is 20.7. The molecule has 0 saturated heterocycles. The fourth-order valence-electron chi connectivity index (χ4n) is 3.76. The second kappa shape index (κ2) is 10.9. The molecular weight excluding hydrogens is 456 g/mol. The van der Waals surface area contributed by atoms with E-state index in [4.69, 9.17) is 14.0 Å². The summed E-state index contributed by atoms with van der Waals surface area (Å²) in [5, 5.41) is 6.85. The van der Waals surface area contributed by atoms with Gasteiger partial charge in [0.05, 0.1) is 11.3 Å². The lowest BCUT2D eigenvalue weighted by atomic mass is 10.1. The maximum Gasteiger partial charge on any atom is 0.343 e. The van der Waals surface area contributed by atoms with Crippen LogP contribution in [0.2, 0.25) is 0 Å². The second-order valence-electron chi connectivity index (χ2n) is 8.59. The van der Waals surface area contributed by atoms with Gasteiger partial charge in [-0.2, -0.15) is 0 Å². The van der Waals surface area contributed by atoms with E-state index in [1.807, 2.05) is 45.0 Å². The number of carbonyl (C=O) groups is 2. The maximum absolute atomic E-state index is 13.3. The summed E-state index contributed by atoms with van der Waals surface area (Å²) in [4.78, 5) is 26.7. The van der Waals surface area contributed by atoms with Gasteiger partial charge in [-0.3, -0.25) is 4.79 Å². The van der Waals surface area contributed by atoms with Crippen LogP contribution in [-0.4, -0.2) is 17.0 Å². The molecule has 4 rings (SSSR count). The van der Waals surface area contributed by atoms with E-state index in [1.165, 1.54) is 0 Å². The first-order valence-electron chi connectivity index (χ1n) is 11.6. The van der Waals surface area contributed by atoms with Gasteiger partial charge in [-0.25, -0.2) is 4.79 Å². The number of esters is 1. The molecule has 0 bridgehead atoms. The molecule has 1 heterocycles. The van der Waals surface area contributed by atoms with Crippen molar-refractivity contribution in [1.29, 1.82) is 0 Å². The molecule has 0 fully saturated rings. The minimum absolute atomic E-state index is 0.181. The van der Waals surface area contributed by atoms with Crippen LogP contribution in [0.5, 0.6) is 5.75 Å². The number of rotatable bonds is 8. The van der Waals surface area contributed by atoms with E-state index < -0.39 is 18.0 Å². The zero-order chi connectivity index (χ0) is 25.7. The number of nitrogens with one attached hydrogen (secondary N) is 1. The molecule has 4 aromatic rings. The lowest BCUT2D eigenvalue weighted by molar-refractivity contribution is -0.125. The smallest absolute Gasteiger partial charge is 0.343 e. The first kappa shape index (κ1) is 24.7. The summed E-state index contributed by atoms with van der Waals surface area (Å²) in [7, 11) is 0. The van der Waals surface area contributed by atoms with Crippen molar-refractivity contribution < 1.29 is 23.6 Å². The summed E-state index contributed by atoms with van der Waals surface area (Å²) in [6.07, 6.45) is -1.16. The number of aryl methyl sites for hydroxylation is 4. The van der Waals surface area contributed by atoms with Crippen LogP contribution in [0.1, 0.15) is 50.2 Å². The average Bonchev–Trinajstić information content (AvgIpc) is 3.20. The van der Waals surface area contributed by atoms with Gasteiger partial charge in [0, 0.05) is 11.3 Å². The summed E-state index contributed by atoms with van der Waals surface area (Å²) >= 11 is 0. The molecule has 1 unspecified atom stereocenters. The van der Waals surface area contributed by atoms with Gasteiger partial charge < -0.3 is 19.3 Å². The van der Waals surface area contributed by atoms with Crippen LogP contribution in [0, 0.1) is 27.7 Å². The van der Waals surface area contributed by atoms with Gasteiger partial charge in [0.15, 0.2) is 0 Å². The molecule has 1 atom stereocenters. The molecule has 0 spiro atoms. The molecule has 0 radical (unpaired) electrons. The Morgan fingerprint density at radius 3 is 2.39 bits per heavy atom. The molecule has 0 aliphatic rings. The summed E-state index contributed by atoms with van der Waals surface area (Å²) < 4.78 is 16.9. The number of hydrogen-bond donors (Lipinski definition) is 1. The van der Waals surface area contributed by atoms with Crippen molar-refractivity contribution in [2.24, 2.45) is 0 Å². The Morgan fingerprint density at radius 1 is 0.944 bits per heavy atom. The third-order valence-corrected chi connectivity index (χ3v) is 5.88. The summed E-state index contributed by atoms with van der Waals surface area (Å²) in [5.41, 5.74) is 4.89. The normalized spacial score (nSPS) is 11.6. The van der Waals surface area contributed by atoms with Crippen molar-refractivity contribution in [2.75, 3.05) is 5.32 Å². The van der Waals surface area contributed by atoms with Crippen molar-refractivity contribution in [3.63, 3.8) is 0 Å². The van der Waals surface area contributed by atoms with Crippen LogP contribution in [0.3, 0.4) is 0 Å². The predicted molar refractivity (Wildman–Crippen MR) is 136 cm³/mol. The second-order valence-corrected chi connectivity index (χ2v) is 8.59. The highest BCUT2D eigenvalue weighted by molar-refractivity contribution is 5.99. The Morgan fingerprint density at radius 2 is 1.67 bits per heavy atom. The standard InChI is InChI=1S/C29H28N2O5/c1-18-14-15-19(2)25(16-18)30-28(32)27(22-10-6-5-7-11-22)35-29(33)23-12-8-9-13-26(23)34-17-24-20(3)31-36-21(24)4/h5-16,27H,17H2,1-4H3,(H,30,32). The molecule has 0 saturated carbocycles. The first-order chi connectivity index (χ1) is 17.3. The summed E-state index contributed by atoms with van der Waals surface area (Å²) in [6.45, 7) is 7.67. The molecule has 7 nitrogen and oxygen atoms in total. The number of para-hydroxylation sites is 1. The topological polar surface area (TPSA) is 90.7 Å².